The molecule has 10 heteroatoms. The SMILES string of the molecule is O=C1NCC(c2cnc3ncccn23)=C1c1cn2c3c(cc(F)cc13)CN(C(=O)N1CCCCC1)CC2. The van der Waals surface area contributed by atoms with Gasteiger partial charge in [-0.15, -0.1) is 0 Å². The van der Waals surface area contributed by atoms with E-state index in [1.54, 1.807) is 12.4 Å². The first-order chi connectivity index (χ1) is 18.1. The number of carbonyl (C=O) groups is 2. The quantitative estimate of drug-likeness (QED) is 0.459. The number of hydrogen-bond donors (Lipinski definition) is 1. The van der Waals surface area contributed by atoms with Gasteiger partial charge in [-0.2, -0.15) is 0 Å². The minimum absolute atomic E-state index is 0.0180. The molecule has 6 heterocycles. The van der Waals surface area contributed by atoms with Crippen molar-refractivity contribution in [1.29, 1.82) is 0 Å². The third-order valence-corrected chi connectivity index (χ3v) is 7.71. The van der Waals surface area contributed by atoms with Crippen molar-refractivity contribution in [1.82, 2.24) is 34.1 Å². The fourth-order valence-corrected chi connectivity index (χ4v) is 5.98. The van der Waals surface area contributed by atoms with Gasteiger partial charge >= 0.3 is 6.03 Å². The van der Waals surface area contributed by atoms with Crippen LogP contribution in [0.25, 0.3) is 27.8 Å². The molecule has 0 atom stereocenters. The number of carbonyl (C=O) groups excluding carboxylic acids is 2. The molecule has 37 heavy (non-hydrogen) atoms. The molecular weight excluding hydrogens is 473 g/mol. The number of rotatable bonds is 2. The Kier molecular flexibility index (Phi) is 5.02. The van der Waals surface area contributed by atoms with E-state index in [2.05, 4.69) is 19.9 Å². The first-order valence-electron chi connectivity index (χ1n) is 12.7. The number of nitrogens with one attached hydrogen (secondary N) is 1. The number of urea groups is 1. The highest BCUT2D eigenvalue weighted by molar-refractivity contribution is 6.32. The van der Waals surface area contributed by atoms with Crippen molar-refractivity contribution in [2.24, 2.45) is 0 Å². The Morgan fingerprint density at radius 2 is 1.89 bits per heavy atom. The average molecular weight is 500 g/mol. The molecule has 1 aromatic carbocycles. The van der Waals surface area contributed by atoms with Crippen LogP contribution in [0.4, 0.5) is 9.18 Å². The maximum absolute atomic E-state index is 15.0. The van der Waals surface area contributed by atoms with Gasteiger partial charge in [0.05, 0.1) is 23.0 Å². The van der Waals surface area contributed by atoms with Gasteiger partial charge in [-0.25, -0.2) is 19.2 Å². The molecule has 1 fully saturated rings. The molecule has 1 saturated heterocycles. The minimum Gasteiger partial charge on any atom is -0.348 e. The largest absolute Gasteiger partial charge is 0.348 e. The van der Waals surface area contributed by atoms with Gasteiger partial charge in [0.25, 0.3) is 5.91 Å². The number of nitrogens with zero attached hydrogens (tertiary/aromatic N) is 6. The van der Waals surface area contributed by atoms with Gasteiger partial charge in [-0.3, -0.25) is 9.20 Å². The highest BCUT2D eigenvalue weighted by Gasteiger charge is 2.32. The van der Waals surface area contributed by atoms with Crippen LogP contribution in [-0.4, -0.2) is 66.9 Å². The standard InChI is InChI=1S/C27H26FN7O2/c28-18-11-17-15-34(27(37)32-6-2-1-3-7-32)10-9-33-16-21(19(12-18)24(17)33)23-20(13-30-25(23)36)22-14-31-26-29-5-4-8-35(22)26/h4-5,8,11-12,14,16H,1-3,6-7,9-10,13,15H2,(H,30,36). The second kappa shape index (κ2) is 8.43. The van der Waals surface area contributed by atoms with Crippen LogP contribution < -0.4 is 5.32 Å². The second-order valence-corrected chi connectivity index (χ2v) is 9.92. The number of imidazole rings is 1. The first kappa shape index (κ1) is 22.0. The zero-order valence-electron chi connectivity index (χ0n) is 20.3. The molecule has 0 unspecified atom stereocenters. The van der Waals surface area contributed by atoms with E-state index in [1.807, 2.05) is 32.7 Å². The number of aromatic nitrogens is 4. The summed E-state index contributed by atoms with van der Waals surface area (Å²) in [6.07, 6.45) is 10.4. The molecule has 1 N–H and O–H groups in total. The summed E-state index contributed by atoms with van der Waals surface area (Å²) < 4.78 is 18.9. The van der Waals surface area contributed by atoms with Gasteiger partial charge in [-0.1, -0.05) is 0 Å². The van der Waals surface area contributed by atoms with Crippen LogP contribution in [0.5, 0.6) is 0 Å². The van der Waals surface area contributed by atoms with E-state index in [-0.39, 0.29) is 17.8 Å². The van der Waals surface area contributed by atoms with E-state index in [9.17, 15) is 9.59 Å². The fourth-order valence-electron chi connectivity index (χ4n) is 5.98. The summed E-state index contributed by atoms with van der Waals surface area (Å²) in [5.74, 6) is -0.0293. The molecule has 0 radical (unpaired) electrons. The van der Waals surface area contributed by atoms with Crippen LogP contribution in [0.1, 0.15) is 36.1 Å². The van der Waals surface area contributed by atoms with Crippen LogP contribution in [0.15, 0.2) is 43.0 Å². The third kappa shape index (κ3) is 3.50. The molecule has 3 aliphatic rings. The van der Waals surface area contributed by atoms with Gasteiger partial charge in [0.15, 0.2) is 0 Å². The fraction of sp³-hybridized carbons (Fsp3) is 0.333. The zero-order valence-corrected chi connectivity index (χ0v) is 20.3. The van der Waals surface area contributed by atoms with E-state index in [4.69, 9.17) is 0 Å². The predicted octanol–water partition coefficient (Wildman–Crippen LogP) is 3.29. The van der Waals surface area contributed by atoms with Crippen LogP contribution in [-0.2, 0) is 17.9 Å². The summed E-state index contributed by atoms with van der Waals surface area (Å²) in [4.78, 5) is 38.8. The average Bonchev–Trinajstić information content (AvgIpc) is 3.57. The number of amides is 3. The maximum atomic E-state index is 15.0. The molecule has 4 aromatic rings. The molecule has 9 nitrogen and oxygen atoms in total. The van der Waals surface area contributed by atoms with Crippen molar-refractivity contribution in [3.05, 3.63) is 65.6 Å². The molecular formula is C27H26FN7O2. The van der Waals surface area contributed by atoms with Crippen molar-refractivity contribution in [3.63, 3.8) is 0 Å². The minimum atomic E-state index is -0.381. The van der Waals surface area contributed by atoms with E-state index in [0.717, 1.165) is 54.7 Å². The van der Waals surface area contributed by atoms with Crippen LogP contribution in [0.3, 0.4) is 0 Å². The lowest BCUT2D eigenvalue weighted by Crippen LogP contribution is -2.45. The molecule has 0 aliphatic carbocycles. The Morgan fingerprint density at radius 1 is 1.03 bits per heavy atom. The van der Waals surface area contributed by atoms with Gasteiger partial charge in [0.2, 0.25) is 5.78 Å². The summed E-state index contributed by atoms with van der Waals surface area (Å²) in [5.41, 5.74) is 4.41. The number of likely N-dealkylation sites (tertiary alicyclic amines) is 1. The van der Waals surface area contributed by atoms with Crippen molar-refractivity contribution in [2.75, 3.05) is 26.2 Å². The first-order valence-corrected chi connectivity index (χ1v) is 12.7. The van der Waals surface area contributed by atoms with Crippen molar-refractivity contribution >= 4 is 39.8 Å². The number of hydrogen-bond acceptors (Lipinski definition) is 4. The van der Waals surface area contributed by atoms with Gasteiger partial charge < -0.3 is 19.7 Å². The Hall–Kier alpha value is -4.21. The molecule has 188 valence electrons. The highest BCUT2D eigenvalue weighted by atomic mass is 19.1. The molecule has 0 saturated carbocycles. The third-order valence-electron chi connectivity index (χ3n) is 7.71. The van der Waals surface area contributed by atoms with E-state index >= 15 is 4.39 Å². The lowest BCUT2D eigenvalue weighted by molar-refractivity contribution is -0.114. The highest BCUT2D eigenvalue weighted by Crippen LogP contribution is 2.38. The van der Waals surface area contributed by atoms with E-state index in [0.29, 0.717) is 48.5 Å². The summed E-state index contributed by atoms with van der Waals surface area (Å²) >= 11 is 0. The van der Waals surface area contributed by atoms with E-state index in [1.165, 1.54) is 12.1 Å². The van der Waals surface area contributed by atoms with Crippen molar-refractivity contribution in [3.8, 4) is 0 Å². The second-order valence-electron chi connectivity index (χ2n) is 9.92. The van der Waals surface area contributed by atoms with Crippen LogP contribution in [0, 0.1) is 5.82 Å². The normalized spacial score (nSPS) is 18.1. The zero-order chi connectivity index (χ0) is 25.1. The smallest absolute Gasteiger partial charge is 0.320 e. The predicted molar refractivity (Wildman–Crippen MR) is 136 cm³/mol. The summed E-state index contributed by atoms with van der Waals surface area (Å²) in [7, 11) is 0. The number of benzene rings is 1. The number of halogens is 1. The molecule has 3 aromatic heterocycles. The van der Waals surface area contributed by atoms with Crippen LogP contribution in [0.2, 0.25) is 0 Å². The Bertz CT molecular complexity index is 1610. The molecule has 3 amide bonds. The van der Waals surface area contributed by atoms with Gasteiger partial charge in [-0.05, 0) is 43.0 Å². The van der Waals surface area contributed by atoms with Crippen molar-refractivity contribution < 1.29 is 14.0 Å². The maximum Gasteiger partial charge on any atom is 0.320 e. The lowest BCUT2D eigenvalue weighted by atomic mass is 9.98. The topological polar surface area (TPSA) is 87.8 Å². The van der Waals surface area contributed by atoms with Crippen molar-refractivity contribution in [2.45, 2.75) is 32.4 Å². The number of piperidine rings is 1. The van der Waals surface area contributed by atoms with E-state index < -0.39 is 0 Å². The molecule has 7 rings (SSSR count). The lowest BCUT2D eigenvalue weighted by Gasteiger charge is -2.32. The molecule has 0 bridgehead atoms. The van der Waals surface area contributed by atoms with Gasteiger partial charge in [0.1, 0.15) is 5.82 Å². The summed E-state index contributed by atoms with van der Waals surface area (Å²) in [6.45, 7) is 3.32. The Balaban J connectivity index is 1.34. The summed E-state index contributed by atoms with van der Waals surface area (Å²) in [5, 5.41) is 3.62. The number of fused-ring (bicyclic) bond motifs is 1. The summed E-state index contributed by atoms with van der Waals surface area (Å²) in [6, 6.07) is 4.85. The Morgan fingerprint density at radius 3 is 2.76 bits per heavy atom. The van der Waals surface area contributed by atoms with Crippen LogP contribution >= 0.6 is 0 Å². The Labute approximate surface area is 212 Å². The molecule has 3 aliphatic heterocycles. The molecule has 0 spiro atoms. The van der Waals surface area contributed by atoms with Gasteiger partial charge in [0, 0.05) is 74.4 Å². The monoisotopic (exact) mass is 499 g/mol.